The van der Waals surface area contributed by atoms with Crippen LogP contribution in [0.15, 0.2) is 28.9 Å². The Morgan fingerprint density at radius 1 is 1.56 bits per heavy atom. The molecule has 0 fully saturated rings. The number of nitrogens with one attached hydrogen (secondary N) is 1. The zero-order chi connectivity index (χ0) is 12.4. The molecule has 3 heterocycles. The molecule has 18 heavy (non-hydrogen) atoms. The van der Waals surface area contributed by atoms with Crippen molar-refractivity contribution in [3.05, 3.63) is 35.9 Å². The van der Waals surface area contributed by atoms with Crippen LogP contribution in [0.3, 0.4) is 0 Å². The summed E-state index contributed by atoms with van der Waals surface area (Å²) in [6, 6.07) is 5.25. The van der Waals surface area contributed by atoms with Crippen molar-refractivity contribution in [2.24, 2.45) is 0 Å². The van der Waals surface area contributed by atoms with E-state index in [9.17, 15) is 4.79 Å². The molecule has 1 aliphatic heterocycles. The Hall–Kier alpha value is -2.24. The highest BCUT2D eigenvalue weighted by Gasteiger charge is 2.17. The van der Waals surface area contributed by atoms with Gasteiger partial charge < -0.3 is 14.5 Å². The van der Waals surface area contributed by atoms with Crippen molar-refractivity contribution in [2.75, 3.05) is 6.61 Å². The van der Waals surface area contributed by atoms with Crippen LogP contribution < -0.4 is 10.1 Å². The number of ether oxygens (including phenoxy) is 1. The molecule has 0 spiro atoms. The lowest BCUT2D eigenvalue weighted by Crippen LogP contribution is -2.23. The maximum atomic E-state index is 11.9. The van der Waals surface area contributed by atoms with E-state index < -0.39 is 0 Å². The first-order chi connectivity index (χ1) is 8.83. The van der Waals surface area contributed by atoms with Crippen LogP contribution in [0.5, 0.6) is 5.88 Å². The highest BCUT2D eigenvalue weighted by molar-refractivity contribution is 5.92. The van der Waals surface area contributed by atoms with Crippen molar-refractivity contribution in [2.45, 2.75) is 19.5 Å². The average Bonchev–Trinajstić information content (AvgIpc) is 3.04. The second-order valence-corrected chi connectivity index (χ2v) is 4.06. The minimum absolute atomic E-state index is 0.225. The summed E-state index contributed by atoms with van der Waals surface area (Å²) >= 11 is 0. The minimum atomic E-state index is -0.225. The van der Waals surface area contributed by atoms with Gasteiger partial charge in [0.1, 0.15) is 5.76 Å². The van der Waals surface area contributed by atoms with E-state index in [4.69, 9.17) is 9.15 Å². The first-order valence-corrected chi connectivity index (χ1v) is 5.84. The van der Waals surface area contributed by atoms with Crippen LogP contribution in [0.25, 0.3) is 0 Å². The number of aromatic nitrogens is 2. The van der Waals surface area contributed by atoms with Gasteiger partial charge in [-0.1, -0.05) is 0 Å². The first kappa shape index (κ1) is 10.9. The molecule has 1 N–H and O–H groups in total. The van der Waals surface area contributed by atoms with E-state index in [0.29, 0.717) is 30.5 Å². The molecule has 0 aromatic carbocycles. The summed E-state index contributed by atoms with van der Waals surface area (Å²) in [4.78, 5) is 11.9. The number of aryl methyl sites for hydroxylation is 1. The largest absolute Gasteiger partial charge is 0.478 e. The second-order valence-electron chi connectivity index (χ2n) is 4.06. The van der Waals surface area contributed by atoms with E-state index in [0.717, 1.165) is 13.0 Å². The molecular formula is C12H13N3O3. The number of nitrogens with zero attached hydrogens (tertiary/aromatic N) is 2. The average molecular weight is 247 g/mol. The summed E-state index contributed by atoms with van der Waals surface area (Å²) in [7, 11) is 0. The predicted octanol–water partition coefficient (Wildman–Crippen LogP) is 1.19. The molecular weight excluding hydrogens is 234 g/mol. The molecule has 6 heteroatoms. The van der Waals surface area contributed by atoms with Gasteiger partial charge in [-0.3, -0.25) is 4.79 Å². The Balaban J connectivity index is 1.67. The Bertz CT molecular complexity index is 521. The number of hydrogen-bond donors (Lipinski definition) is 1. The minimum Gasteiger partial charge on any atom is -0.478 e. The molecule has 94 valence electrons. The lowest BCUT2D eigenvalue weighted by atomic mass is 10.3. The third kappa shape index (κ3) is 2.09. The maximum absolute atomic E-state index is 11.9. The van der Waals surface area contributed by atoms with E-state index in [2.05, 4.69) is 10.4 Å². The summed E-state index contributed by atoms with van der Waals surface area (Å²) in [6.45, 7) is 1.83. The molecule has 2 aromatic heterocycles. The van der Waals surface area contributed by atoms with E-state index >= 15 is 0 Å². The van der Waals surface area contributed by atoms with Gasteiger partial charge in [0.15, 0.2) is 5.69 Å². The van der Waals surface area contributed by atoms with Crippen molar-refractivity contribution in [3.8, 4) is 5.88 Å². The van der Waals surface area contributed by atoms with Crippen molar-refractivity contribution >= 4 is 5.91 Å². The number of fused-ring (bicyclic) bond motifs is 1. The number of carbonyl (C=O) groups is 1. The van der Waals surface area contributed by atoms with Crippen LogP contribution in [0.2, 0.25) is 0 Å². The Morgan fingerprint density at radius 3 is 3.28 bits per heavy atom. The molecule has 0 atom stereocenters. The Morgan fingerprint density at radius 2 is 2.50 bits per heavy atom. The fourth-order valence-corrected chi connectivity index (χ4v) is 1.85. The van der Waals surface area contributed by atoms with Gasteiger partial charge in [0.2, 0.25) is 5.88 Å². The van der Waals surface area contributed by atoms with Gasteiger partial charge in [-0.15, -0.1) is 0 Å². The van der Waals surface area contributed by atoms with E-state index in [-0.39, 0.29) is 5.91 Å². The summed E-state index contributed by atoms with van der Waals surface area (Å²) in [6.07, 6.45) is 2.49. The molecule has 0 aliphatic carbocycles. The zero-order valence-corrected chi connectivity index (χ0v) is 9.76. The molecule has 1 amide bonds. The Kier molecular flexibility index (Phi) is 2.76. The number of carbonyl (C=O) groups excluding carboxylic acids is 1. The molecule has 0 unspecified atom stereocenters. The predicted molar refractivity (Wildman–Crippen MR) is 62.2 cm³/mol. The molecule has 6 nitrogen and oxygen atoms in total. The van der Waals surface area contributed by atoms with Crippen molar-refractivity contribution in [3.63, 3.8) is 0 Å². The van der Waals surface area contributed by atoms with Crippen LogP contribution >= 0.6 is 0 Å². The molecule has 1 aliphatic rings. The lowest BCUT2D eigenvalue weighted by molar-refractivity contribution is 0.0942. The quantitative estimate of drug-likeness (QED) is 0.884. The summed E-state index contributed by atoms with van der Waals surface area (Å²) in [5.74, 6) is 1.14. The van der Waals surface area contributed by atoms with Gasteiger partial charge in [-0.25, -0.2) is 4.68 Å². The monoisotopic (exact) mass is 247 g/mol. The SMILES string of the molecule is O=C(NCc1ccco1)c1cc2n(n1)CCCO2. The third-order valence-electron chi connectivity index (χ3n) is 2.74. The Labute approximate surface area is 104 Å². The number of hydrogen-bond acceptors (Lipinski definition) is 4. The second kappa shape index (κ2) is 4.56. The van der Waals surface area contributed by atoms with Gasteiger partial charge in [0, 0.05) is 19.0 Å². The third-order valence-corrected chi connectivity index (χ3v) is 2.74. The molecule has 0 radical (unpaired) electrons. The van der Waals surface area contributed by atoms with Crippen LogP contribution in [0, 0.1) is 0 Å². The van der Waals surface area contributed by atoms with Gasteiger partial charge in [-0.2, -0.15) is 5.10 Å². The summed E-state index contributed by atoms with van der Waals surface area (Å²) in [5.41, 5.74) is 0.374. The van der Waals surface area contributed by atoms with Crippen molar-refractivity contribution < 1.29 is 13.9 Å². The smallest absolute Gasteiger partial charge is 0.272 e. The molecule has 2 aromatic rings. The van der Waals surface area contributed by atoms with E-state index in [1.54, 1.807) is 23.1 Å². The molecule has 0 bridgehead atoms. The molecule has 0 saturated heterocycles. The summed E-state index contributed by atoms with van der Waals surface area (Å²) < 4.78 is 12.3. The highest BCUT2D eigenvalue weighted by Crippen LogP contribution is 2.18. The first-order valence-electron chi connectivity index (χ1n) is 5.84. The topological polar surface area (TPSA) is 69.3 Å². The standard InChI is InChI=1S/C12H13N3O3/c16-12(13-8-9-3-1-5-17-9)10-7-11-15(14-10)4-2-6-18-11/h1,3,5,7H,2,4,6,8H2,(H,13,16). The number of amides is 1. The highest BCUT2D eigenvalue weighted by atomic mass is 16.5. The van der Waals surface area contributed by atoms with Gasteiger partial charge in [-0.05, 0) is 12.1 Å². The van der Waals surface area contributed by atoms with Gasteiger partial charge >= 0.3 is 0 Å². The van der Waals surface area contributed by atoms with Crippen LogP contribution in [0.4, 0.5) is 0 Å². The number of furan rings is 1. The van der Waals surface area contributed by atoms with E-state index in [1.807, 2.05) is 6.07 Å². The zero-order valence-electron chi connectivity index (χ0n) is 9.76. The van der Waals surface area contributed by atoms with Crippen LogP contribution in [-0.2, 0) is 13.1 Å². The van der Waals surface area contributed by atoms with Gasteiger partial charge in [0.05, 0.1) is 19.4 Å². The normalized spacial score (nSPS) is 13.8. The number of rotatable bonds is 3. The summed E-state index contributed by atoms with van der Waals surface area (Å²) in [5, 5.41) is 6.95. The lowest BCUT2D eigenvalue weighted by Gasteiger charge is -2.13. The van der Waals surface area contributed by atoms with Crippen LogP contribution in [-0.4, -0.2) is 22.3 Å². The van der Waals surface area contributed by atoms with Gasteiger partial charge in [0.25, 0.3) is 5.91 Å². The molecule has 0 saturated carbocycles. The fraction of sp³-hybridized carbons (Fsp3) is 0.333. The fourth-order valence-electron chi connectivity index (χ4n) is 1.85. The van der Waals surface area contributed by atoms with Crippen molar-refractivity contribution in [1.82, 2.24) is 15.1 Å². The van der Waals surface area contributed by atoms with Crippen LogP contribution in [0.1, 0.15) is 22.7 Å². The van der Waals surface area contributed by atoms with E-state index in [1.165, 1.54) is 0 Å². The molecule has 3 rings (SSSR count). The maximum Gasteiger partial charge on any atom is 0.272 e. The van der Waals surface area contributed by atoms with Crippen molar-refractivity contribution in [1.29, 1.82) is 0 Å².